The summed E-state index contributed by atoms with van der Waals surface area (Å²) in [7, 11) is -0.688. The molecular weight excluding hydrogens is 232 g/mol. The van der Waals surface area contributed by atoms with Gasteiger partial charge in [-0.1, -0.05) is 0 Å². The van der Waals surface area contributed by atoms with Crippen molar-refractivity contribution in [2.45, 2.75) is 12.5 Å². The molecule has 0 radical (unpaired) electrons. The lowest BCUT2D eigenvalue weighted by Crippen LogP contribution is -2.26. The maximum atomic E-state index is 10.9. The molecule has 2 N–H and O–H groups in total. The Morgan fingerprint density at radius 1 is 1.69 bits per heavy atom. The molecule has 0 saturated carbocycles. The van der Waals surface area contributed by atoms with Crippen molar-refractivity contribution >= 4 is 21.4 Å². The molecule has 0 aliphatic carbocycles. The minimum absolute atomic E-state index is 0.0126. The molecule has 0 fully saturated rings. The molecule has 1 atom stereocenters. The van der Waals surface area contributed by atoms with Gasteiger partial charge < -0.3 is 15.1 Å². The molecule has 0 aromatic heterocycles. The number of rotatable bonds is 4. The summed E-state index contributed by atoms with van der Waals surface area (Å²) in [5.41, 5.74) is 0.542. The molecule has 0 spiro atoms. The van der Waals surface area contributed by atoms with Gasteiger partial charge in [-0.2, -0.15) is 8.42 Å². The predicted molar refractivity (Wildman–Crippen MR) is 60.8 cm³/mol. The van der Waals surface area contributed by atoms with Crippen LogP contribution >= 0.6 is 0 Å². The van der Waals surface area contributed by atoms with Gasteiger partial charge in [-0.15, -0.1) is 0 Å². The largest absolute Gasteiger partial charge is 0.393 e. The molecule has 1 aliphatic heterocycles. The summed E-state index contributed by atoms with van der Waals surface area (Å²) in [6, 6.07) is 0. The Morgan fingerprint density at radius 2 is 2.38 bits per heavy atom. The van der Waals surface area contributed by atoms with Crippen LogP contribution in [0.4, 0.5) is 0 Å². The molecule has 0 aromatic carbocycles. The van der Waals surface area contributed by atoms with E-state index in [0.29, 0.717) is 12.2 Å². The summed E-state index contributed by atoms with van der Waals surface area (Å²) in [6.45, 7) is 0.0536. The number of aliphatic hydroxyl groups is 2. The van der Waals surface area contributed by atoms with Gasteiger partial charge in [0.15, 0.2) is 0 Å². The molecule has 90 valence electrons. The summed E-state index contributed by atoms with van der Waals surface area (Å²) >= 11 is 0. The standard InChI is InChI=1S/C9H14N2O4S/c1-11-3-2-10-7(5-11)4-9(16(14)15)8(13)6-12/h2,5,8,12-13H,3-4,6H2,1H3. The molecule has 16 heavy (non-hydrogen) atoms. The fourth-order valence-corrected chi connectivity index (χ4v) is 1.85. The molecule has 1 heterocycles. The van der Waals surface area contributed by atoms with Crippen LogP contribution in [-0.4, -0.2) is 60.9 Å². The zero-order valence-corrected chi connectivity index (χ0v) is 9.68. The highest BCUT2D eigenvalue weighted by atomic mass is 32.2. The van der Waals surface area contributed by atoms with Gasteiger partial charge in [-0.05, 0) is 0 Å². The van der Waals surface area contributed by atoms with E-state index in [-0.39, 0.29) is 11.3 Å². The lowest BCUT2D eigenvalue weighted by Gasteiger charge is -2.17. The first-order chi connectivity index (χ1) is 7.54. The van der Waals surface area contributed by atoms with Crippen molar-refractivity contribution in [1.29, 1.82) is 0 Å². The van der Waals surface area contributed by atoms with Crippen molar-refractivity contribution in [1.82, 2.24) is 4.90 Å². The van der Waals surface area contributed by atoms with Gasteiger partial charge >= 0.3 is 0 Å². The first-order valence-electron chi connectivity index (χ1n) is 4.72. The lowest BCUT2D eigenvalue weighted by molar-refractivity contribution is 0.145. The summed E-state index contributed by atoms with van der Waals surface area (Å²) in [4.78, 5) is 5.72. The lowest BCUT2D eigenvalue weighted by atomic mass is 10.1. The van der Waals surface area contributed by atoms with Crippen molar-refractivity contribution in [3.05, 3.63) is 11.9 Å². The van der Waals surface area contributed by atoms with E-state index in [1.807, 2.05) is 11.9 Å². The van der Waals surface area contributed by atoms with Gasteiger partial charge in [0.1, 0.15) is 6.10 Å². The van der Waals surface area contributed by atoms with Crippen LogP contribution in [0.5, 0.6) is 0 Å². The van der Waals surface area contributed by atoms with Crippen molar-refractivity contribution in [3.63, 3.8) is 0 Å². The molecule has 0 saturated heterocycles. The van der Waals surface area contributed by atoms with Crippen LogP contribution in [0.1, 0.15) is 6.42 Å². The van der Waals surface area contributed by atoms with Crippen LogP contribution in [0.2, 0.25) is 0 Å². The van der Waals surface area contributed by atoms with Crippen LogP contribution in [0, 0.1) is 0 Å². The van der Waals surface area contributed by atoms with E-state index in [0.717, 1.165) is 0 Å². The van der Waals surface area contributed by atoms with Gasteiger partial charge in [0.05, 0.1) is 23.7 Å². The summed E-state index contributed by atoms with van der Waals surface area (Å²) in [5.74, 6) is 0. The van der Waals surface area contributed by atoms with Gasteiger partial charge in [0, 0.05) is 25.9 Å². The van der Waals surface area contributed by atoms with E-state index in [9.17, 15) is 13.5 Å². The summed E-state index contributed by atoms with van der Waals surface area (Å²) in [6.07, 6.45) is 2.02. The van der Waals surface area contributed by atoms with Crippen LogP contribution in [-0.2, 0) is 10.3 Å². The van der Waals surface area contributed by atoms with E-state index in [1.54, 1.807) is 12.4 Å². The highest BCUT2D eigenvalue weighted by Gasteiger charge is 2.16. The van der Waals surface area contributed by atoms with Crippen molar-refractivity contribution in [2.24, 2.45) is 4.99 Å². The Morgan fingerprint density at radius 3 is 2.88 bits per heavy atom. The van der Waals surface area contributed by atoms with Gasteiger partial charge in [0.2, 0.25) is 10.3 Å². The van der Waals surface area contributed by atoms with Gasteiger partial charge in [-0.25, -0.2) is 0 Å². The van der Waals surface area contributed by atoms with Crippen LogP contribution < -0.4 is 0 Å². The first-order valence-corrected chi connectivity index (χ1v) is 5.79. The number of aliphatic imine (C=N–C) groups is 1. The fraction of sp³-hybridized carbons (Fsp3) is 0.556. The van der Waals surface area contributed by atoms with E-state index < -0.39 is 23.0 Å². The minimum atomic E-state index is -2.52. The highest BCUT2D eigenvalue weighted by molar-refractivity contribution is 7.73. The van der Waals surface area contributed by atoms with Crippen molar-refractivity contribution < 1.29 is 18.6 Å². The second kappa shape index (κ2) is 5.78. The topological polar surface area (TPSA) is 90.2 Å². The fourth-order valence-electron chi connectivity index (χ4n) is 1.29. The Hall–Kier alpha value is -1.18. The third kappa shape index (κ3) is 3.44. The molecule has 0 bridgehead atoms. The molecule has 1 aliphatic rings. The van der Waals surface area contributed by atoms with Crippen molar-refractivity contribution in [3.8, 4) is 0 Å². The number of hydrogen-bond acceptors (Lipinski definition) is 6. The molecule has 1 unspecified atom stereocenters. The Balaban J connectivity index is 2.87. The average Bonchev–Trinajstić information content (AvgIpc) is 2.24. The third-order valence-electron chi connectivity index (χ3n) is 2.11. The van der Waals surface area contributed by atoms with E-state index >= 15 is 0 Å². The Bertz CT molecular complexity index is 430. The summed E-state index contributed by atoms with van der Waals surface area (Å²) < 4.78 is 21.7. The molecular formula is C9H14N2O4S. The van der Waals surface area contributed by atoms with Crippen LogP contribution in [0.25, 0.3) is 0 Å². The molecule has 0 aromatic rings. The smallest absolute Gasteiger partial charge is 0.216 e. The number of aliphatic hydroxyl groups excluding tert-OH is 2. The number of nitrogens with zero attached hydrogens (tertiary/aromatic N) is 2. The zero-order valence-electron chi connectivity index (χ0n) is 8.87. The number of hydrogen-bond donors (Lipinski definition) is 2. The maximum Gasteiger partial charge on any atom is 0.216 e. The van der Waals surface area contributed by atoms with Gasteiger partial charge in [0.25, 0.3) is 0 Å². The monoisotopic (exact) mass is 246 g/mol. The Kier molecular flexibility index (Phi) is 4.66. The predicted octanol–water partition coefficient (Wildman–Crippen LogP) is -1.36. The molecule has 6 nitrogen and oxygen atoms in total. The zero-order chi connectivity index (χ0) is 12.1. The third-order valence-corrected chi connectivity index (χ3v) is 2.95. The van der Waals surface area contributed by atoms with Gasteiger partial charge in [-0.3, -0.25) is 4.99 Å². The minimum Gasteiger partial charge on any atom is -0.393 e. The maximum absolute atomic E-state index is 10.9. The Labute approximate surface area is 95.1 Å². The van der Waals surface area contributed by atoms with Crippen molar-refractivity contribution in [2.75, 3.05) is 20.2 Å². The molecule has 7 heteroatoms. The summed E-state index contributed by atoms with van der Waals surface area (Å²) in [5, 5.41) is 18.0. The van der Waals surface area contributed by atoms with Crippen LogP contribution in [0.15, 0.2) is 16.9 Å². The molecule has 1 rings (SSSR count). The highest BCUT2D eigenvalue weighted by Crippen LogP contribution is 2.10. The normalized spacial score (nSPS) is 16.9. The SMILES string of the molecule is CN1C=C(CC(C(O)CO)=S(=O)=O)N=CC1. The second-order valence-corrected chi connectivity index (χ2v) is 4.44. The second-order valence-electron chi connectivity index (χ2n) is 3.45. The van der Waals surface area contributed by atoms with E-state index in [2.05, 4.69) is 4.99 Å². The van der Waals surface area contributed by atoms with E-state index in [4.69, 9.17) is 5.11 Å². The molecule has 0 amide bonds. The number of allylic oxidation sites excluding steroid dienone is 1. The van der Waals surface area contributed by atoms with Crippen LogP contribution in [0.3, 0.4) is 0 Å². The average molecular weight is 246 g/mol. The first kappa shape index (κ1) is 12.9. The van der Waals surface area contributed by atoms with E-state index in [1.165, 1.54) is 0 Å². The quantitative estimate of drug-likeness (QED) is 0.598.